The Morgan fingerprint density at radius 3 is 2.36 bits per heavy atom. The molecule has 0 amide bonds. The maximum absolute atomic E-state index is 5.58. The fourth-order valence-corrected chi connectivity index (χ4v) is 3.06. The highest BCUT2D eigenvalue weighted by atomic mass is 32.2. The van der Waals surface area contributed by atoms with E-state index in [1.807, 2.05) is 0 Å². The van der Waals surface area contributed by atoms with Gasteiger partial charge in [-0.25, -0.2) is 0 Å². The van der Waals surface area contributed by atoms with Crippen molar-refractivity contribution in [2.45, 2.75) is 25.3 Å². The van der Waals surface area contributed by atoms with Gasteiger partial charge < -0.3 is 5.73 Å². The Labute approximate surface area is 90.1 Å². The van der Waals surface area contributed by atoms with Crippen LogP contribution in [0, 0.1) is 0 Å². The first-order valence-electron chi connectivity index (χ1n) is 5.27. The van der Waals surface area contributed by atoms with Gasteiger partial charge in [-0.05, 0) is 41.4 Å². The predicted octanol–water partition coefficient (Wildman–Crippen LogP) is 2.76. The van der Waals surface area contributed by atoms with Crippen molar-refractivity contribution in [3.8, 4) is 0 Å². The lowest BCUT2D eigenvalue weighted by Gasteiger charge is -2.21. The first-order valence-corrected chi connectivity index (χ1v) is 6.42. The van der Waals surface area contributed by atoms with Crippen molar-refractivity contribution in [3.05, 3.63) is 35.4 Å². The SMILES string of the molecule is NCc1ccc(C2CCSCC2)cc1. The van der Waals surface area contributed by atoms with Gasteiger partial charge in [0, 0.05) is 6.54 Å². The number of thioether (sulfide) groups is 1. The van der Waals surface area contributed by atoms with Crippen molar-refractivity contribution in [1.29, 1.82) is 0 Å². The molecule has 1 fully saturated rings. The molecular formula is C12H17NS. The van der Waals surface area contributed by atoms with Crippen molar-refractivity contribution >= 4 is 11.8 Å². The molecule has 0 aromatic heterocycles. The number of hydrogen-bond donors (Lipinski definition) is 1. The molecule has 0 atom stereocenters. The van der Waals surface area contributed by atoms with Crippen LogP contribution in [0.5, 0.6) is 0 Å². The molecule has 76 valence electrons. The summed E-state index contributed by atoms with van der Waals surface area (Å²) in [6.07, 6.45) is 2.68. The Hall–Kier alpha value is -0.470. The minimum atomic E-state index is 0.654. The molecular weight excluding hydrogens is 190 g/mol. The van der Waals surface area contributed by atoms with E-state index in [0.717, 1.165) is 5.92 Å². The van der Waals surface area contributed by atoms with E-state index >= 15 is 0 Å². The first-order chi connectivity index (χ1) is 6.90. The average Bonchev–Trinajstić information content (AvgIpc) is 2.30. The summed E-state index contributed by atoms with van der Waals surface area (Å²) in [5.74, 6) is 3.44. The van der Waals surface area contributed by atoms with Crippen LogP contribution in [-0.2, 0) is 6.54 Å². The predicted molar refractivity (Wildman–Crippen MR) is 63.6 cm³/mol. The highest BCUT2D eigenvalue weighted by molar-refractivity contribution is 7.99. The van der Waals surface area contributed by atoms with Crippen LogP contribution in [0.15, 0.2) is 24.3 Å². The Morgan fingerprint density at radius 2 is 1.79 bits per heavy atom. The normalized spacial score (nSPS) is 18.4. The van der Waals surface area contributed by atoms with Gasteiger partial charge in [0.05, 0.1) is 0 Å². The molecule has 1 aliphatic heterocycles. The van der Waals surface area contributed by atoms with E-state index in [2.05, 4.69) is 36.0 Å². The Bertz CT molecular complexity index is 275. The van der Waals surface area contributed by atoms with E-state index in [1.165, 1.54) is 35.5 Å². The monoisotopic (exact) mass is 207 g/mol. The zero-order chi connectivity index (χ0) is 9.80. The standard InChI is InChI=1S/C12H17NS/c13-9-10-1-3-11(4-2-10)12-5-7-14-8-6-12/h1-4,12H,5-9,13H2. The van der Waals surface area contributed by atoms with Gasteiger partial charge in [0.1, 0.15) is 0 Å². The Morgan fingerprint density at radius 1 is 1.14 bits per heavy atom. The summed E-state index contributed by atoms with van der Waals surface area (Å²) >= 11 is 2.08. The second-order valence-electron chi connectivity index (χ2n) is 3.83. The van der Waals surface area contributed by atoms with Gasteiger partial charge >= 0.3 is 0 Å². The molecule has 14 heavy (non-hydrogen) atoms. The maximum Gasteiger partial charge on any atom is 0.0178 e. The smallest absolute Gasteiger partial charge is 0.0178 e. The van der Waals surface area contributed by atoms with Crippen LogP contribution >= 0.6 is 11.8 Å². The first kappa shape index (κ1) is 10.1. The minimum Gasteiger partial charge on any atom is -0.326 e. The number of nitrogens with two attached hydrogens (primary N) is 1. The van der Waals surface area contributed by atoms with Gasteiger partial charge in [-0.1, -0.05) is 24.3 Å². The maximum atomic E-state index is 5.58. The molecule has 1 aliphatic rings. The Kier molecular flexibility index (Phi) is 3.49. The highest BCUT2D eigenvalue weighted by Crippen LogP contribution is 2.31. The molecule has 0 saturated carbocycles. The zero-order valence-electron chi connectivity index (χ0n) is 8.41. The van der Waals surface area contributed by atoms with Crippen LogP contribution < -0.4 is 5.73 Å². The van der Waals surface area contributed by atoms with E-state index in [-0.39, 0.29) is 0 Å². The second kappa shape index (κ2) is 4.85. The van der Waals surface area contributed by atoms with Crippen LogP contribution in [0.1, 0.15) is 29.9 Å². The van der Waals surface area contributed by atoms with Gasteiger partial charge in [-0.3, -0.25) is 0 Å². The fourth-order valence-electron chi connectivity index (χ4n) is 1.96. The summed E-state index contributed by atoms with van der Waals surface area (Å²) in [5.41, 5.74) is 8.31. The van der Waals surface area contributed by atoms with Crippen molar-refractivity contribution < 1.29 is 0 Å². The van der Waals surface area contributed by atoms with Gasteiger partial charge in [0.2, 0.25) is 0 Å². The largest absolute Gasteiger partial charge is 0.326 e. The zero-order valence-corrected chi connectivity index (χ0v) is 9.22. The molecule has 2 heteroatoms. The van der Waals surface area contributed by atoms with Crippen LogP contribution in [0.4, 0.5) is 0 Å². The number of benzene rings is 1. The second-order valence-corrected chi connectivity index (χ2v) is 5.06. The molecule has 1 saturated heterocycles. The third kappa shape index (κ3) is 2.31. The molecule has 2 rings (SSSR count). The van der Waals surface area contributed by atoms with Crippen LogP contribution in [0.3, 0.4) is 0 Å². The van der Waals surface area contributed by atoms with Crippen molar-refractivity contribution in [2.75, 3.05) is 11.5 Å². The minimum absolute atomic E-state index is 0.654. The van der Waals surface area contributed by atoms with Crippen LogP contribution in [-0.4, -0.2) is 11.5 Å². The van der Waals surface area contributed by atoms with Crippen molar-refractivity contribution in [2.24, 2.45) is 5.73 Å². The highest BCUT2D eigenvalue weighted by Gasteiger charge is 2.14. The van der Waals surface area contributed by atoms with Crippen molar-refractivity contribution in [3.63, 3.8) is 0 Å². The van der Waals surface area contributed by atoms with E-state index in [0.29, 0.717) is 6.54 Å². The lowest BCUT2D eigenvalue weighted by molar-refractivity contribution is 0.637. The average molecular weight is 207 g/mol. The summed E-state index contributed by atoms with van der Waals surface area (Å²) in [7, 11) is 0. The molecule has 0 spiro atoms. The summed E-state index contributed by atoms with van der Waals surface area (Å²) in [4.78, 5) is 0. The number of hydrogen-bond acceptors (Lipinski definition) is 2. The van der Waals surface area contributed by atoms with Crippen LogP contribution in [0.2, 0.25) is 0 Å². The molecule has 1 heterocycles. The molecule has 0 aliphatic carbocycles. The van der Waals surface area contributed by atoms with Gasteiger partial charge in [0.15, 0.2) is 0 Å². The Balaban J connectivity index is 2.07. The quantitative estimate of drug-likeness (QED) is 0.807. The molecule has 1 aromatic rings. The molecule has 1 nitrogen and oxygen atoms in total. The molecule has 0 radical (unpaired) electrons. The molecule has 0 bridgehead atoms. The molecule has 2 N–H and O–H groups in total. The van der Waals surface area contributed by atoms with E-state index in [1.54, 1.807) is 0 Å². The van der Waals surface area contributed by atoms with Crippen molar-refractivity contribution in [1.82, 2.24) is 0 Å². The summed E-state index contributed by atoms with van der Waals surface area (Å²) < 4.78 is 0. The number of rotatable bonds is 2. The van der Waals surface area contributed by atoms with Gasteiger partial charge in [-0.2, -0.15) is 11.8 Å². The van der Waals surface area contributed by atoms with E-state index in [9.17, 15) is 0 Å². The van der Waals surface area contributed by atoms with E-state index < -0.39 is 0 Å². The summed E-state index contributed by atoms with van der Waals surface area (Å²) in [5, 5.41) is 0. The van der Waals surface area contributed by atoms with Crippen LogP contribution in [0.25, 0.3) is 0 Å². The fraction of sp³-hybridized carbons (Fsp3) is 0.500. The lowest BCUT2D eigenvalue weighted by atomic mass is 9.93. The summed E-state index contributed by atoms with van der Waals surface area (Å²) in [6, 6.07) is 8.83. The topological polar surface area (TPSA) is 26.0 Å². The van der Waals surface area contributed by atoms with Gasteiger partial charge in [0.25, 0.3) is 0 Å². The van der Waals surface area contributed by atoms with E-state index in [4.69, 9.17) is 5.73 Å². The third-order valence-electron chi connectivity index (χ3n) is 2.91. The van der Waals surface area contributed by atoms with Gasteiger partial charge in [-0.15, -0.1) is 0 Å². The molecule has 0 unspecified atom stereocenters. The third-order valence-corrected chi connectivity index (χ3v) is 3.96. The molecule has 1 aromatic carbocycles. The summed E-state index contributed by atoms with van der Waals surface area (Å²) in [6.45, 7) is 0.654. The lowest BCUT2D eigenvalue weighted by Crippen LogP contribution is -2.08.